The van der Waals surface area contributed by atoms with Gasteiger partial charge in [-0.3, -0.25) is 19.1 Å². The first-order valence-electron chi connectivity index (χ1n) is 6.74. The topological polar surface area (TPSA) is 71.9 Å². The summed E-state index contributed by atoms with van der Waals surface area (Å²) < 4.78 is 14.4. The monoisotopic (exact) mass is 282 g/mol. The Morgan fingerprint density at radius 2 is 1.95 bits per heavy atom. The lowest BCUT2D eigenvalue weighted by Gasteiger charge is -2.37. The van der Waals surface area contributed by atoms with Crippen LogP contribution in [-0.2, 0) is 4.79 Å². The summed E-state index contributed by atoms with van der Waals surface area (Å²) in [6.45, 7) is 6.25. The predicted molar refractivity (Wildman–Crippen MR) is 72.1 cm³/mol. The van der Waals surface area contributed by atoms with Crippen LogP contribution in [0.25, 0.3) is 0 Å². The molecule has 1 N–H and O–H groups in total. The molecule has 5 nitrogen and oxygen atoms in total. The highest BCUT2D eigenvalue weighted by Crippen LogP contribution is 2.40. The molecule has 1 saturated carbocycles. The fourth-order valence-corrected chi connectivity index (χ4v) is 2.75. The van der Waals surface area contributed by atoms with Crippen LogP contribution in [-0.4, -0.2) is 15.3 Å². The summed E-state index contributed by atoms with van der Waals surface area (Å²) in [5.74, 6) is -0.860. The van der Waals surface area contributed by atoms with Gasteiger partial charge in [-0.1, -0.05) is 20.8 Å². The first-order chi connectivity index (χ1) is 9.20. The minimum absolute atomic E-state index is 0.0172. The maximum Gasteiger partial charge on any atom is 0.329 e. The Morgan fingerprint density at radius 3 is 2.55 bits per heavy atom. The zero-order valence-corrected chi connectivity index (χ0v) is 11.9. The van der Waals surface area contributed by atoms with Gasteiger partial charge in [0.2, 0.25) is 5.82 Å². The lowest BCUT2D eigenvalue weighted by Crippen LogP contribution is -2.40. The largest absolute Gasteiger partial charge is 0.329 e. The van der Waals surface area contributed by atoms with E-state index in [1.54, 1.807) is 0 Å². The molecule has 1 aromatic heterocycles. The number of nitrogens with zero attached hydrogens (tertiary/aromatic N) is 1. The molecule has 2 atom stereocenters. The van der Waals surface area contributed by atoms with Crippen LogP contribution in [0.15, 0.2) is 15.8 Å². The van der Waals surface area contributed by atoms with Crippen LogP contribution in [0.3, 0.4) is 0 Å². The van der Waals surface area contributed by atoms with E-state index < -0.39 is 23.1 Å². The fourth-order valence-electron chi connectivity index (χ4n) is 2.75. The van der Waals surface area contributed by atoms with Gasteiger partial charge < -0.3 is 0 Å². The quantitative estimate of drug-likeness (QED) is 0.851. The number of hydrogen-bond donors (Lipinski definition) is 1. The van der Waals surface area contributed by atoms with Crippen LogP contribution in [0.2, 0.25) is 0 Å². The summed E-state index contributed by atoms with van der Waals surface area (Å²) in [5.41, 5.74) is -1.77. The number of carbonyl (C=O) groups excluding carboxylic acids is 1. The summed E-state index contributed by atoms with van der Waals surface area (Å²) in [6, 6.07) is -0.688. The zero-order valence-electron chi connectivity index (χ0n) is 11.9. The lowest BCUT2D eigenvalue weighted by atomic mass is 9.70. The number of carbonyl (C=O) groups is 1. The summed E-state index contributed by atoms with van der Waals surface area (Å²) in [6.07, 6.45) is 2.49. The van der Waals surface area contributed by atoms with Crippen LogP contribution in [0, 0.1) is 17.2 Å². The Balaban J connectivity index is 2.40. The Bertz CT molecular complexity index is 639. The van der Waals surface area contributed by atoms with Crippen molar-refractivity contribution in [3.05, 3.63) is 32.9 Å². The zero-order chi connectivity index (χ0) is 15.1. The summed E-state index contributed by atoms with van der Waals surface area (Å²) in [7, 11) is 0. The van der Waals surface area contributed by atoms with Gasteiger partial charge in [-0.25, -0.2) is 4.79 Å². The number of Topliss-reactive ketones (excluding diaryl/α,β-unsaturated/α-hetero) is 1. The van der Waals surface area contributed by atoms with E-state index in [1.807, 2.05) is 4.98 Å². The molecule has 1 fully saturated rings. The smallest absolute Gasteiger partial charge is 0.297 e. The average Bonchev–Trinajstić information content (AvgIpc) is 2.33. The van der Waals surface area contributed by atoms with Gasteiger partial charge in [-0.05, 0) is 24.2 Å². The van der Waals surface area contributed by atoms with Crippen LogP contribution in [0.5, 0.6) is 0 Å². The van der Waals surface area contributed by atoms with Gasteiger partial charge in [0.25, 0.3) is 5.56 Å². The molecule has 1 aliphatic rings. The van der Waals surface area contributed by atoms with E-state index in [0.717, 1.165) is 17.2 Å². The van der Waals surface area contributed by atoms with E-state index >= 15 is 0 Å². The number of aromatic nitrogens is 2. The van der Waals surface area contributed by atoms with Crippen molar-refractivity contribution in [1.82, 2.24) is 9.55 Å². The van der Waals surface area contributed by atoms with Crippen molar-refractivity contribution in [3.8, 4) is 0 Å². The minimum Gasteiger partial charge on any atom is -0.297 e. The van der Waals surface area contributed by atoms with Crippen molar-refractivity contribution < 1.29 is 9.18 Å². The molecule has 0 aromatic carbocycles. The highest BCUT2D eigenvalue weighted by atomic mass is 19.1. The second-order valence-electron chi connectivity index (χ2n) is 6.46. The standard InChI is InChI=1S/C14H19FN2O3/c1-14(2,3)8-4-5-11(18)10(6-8)17-7-9(15)12(19)16-13(17)20/h7-8,10H,4-6H2,1-3H3,(H,16,19,20)/t8-,10+/m1/s1. The van der Waals surface area contributed by atoms with Gasteiger partial charge in [0.15, 0.2) is 5.78 Å². The Hall–Kier alpha value is -1.72. The third kappa shape index (κ3) is 2.73. The fraction of sp³-hybridized carbons (Fsp3) is 0.643. The average molecular weight is 282 g/mol. The van der Waals surface area contributed by atoms with Crippen LogP contribution < -0.4 is 11.2 Å². The third-order valence-corrected chi connectivity index (χ3v) is 4.10. The van der Waals surface area contributed by atoms with Crippen LogP contribution in [0.4, 0.5) is 4.39 Å². The Morgan fingerprint density at radius 1 is 1.30 bits per heavy atom. The normalized spacial score (nSPS) is 23.9. The Labute approximate surface area is 115 Å². The molecule has 0 saturated heterocycles. The second kappa shape index (κ2) is 5.00. The van der Waals surface area contributed by atoms with Gasteiger partial charge in [-0.15, -0.1) is 0 Å². The van der Waals surface area contributed by atoms with E-state index in [2.05, 4.69) is 20.8 Å². The van der Waals surface area contributed by atoms with E-state index in [9.17, 15) is 18.8 Å². The van der Waals surface area contributed by atoms with E-state index in [4.69, 9.17) is 0 Å². The van der Waals surface area contributed by atoms with Gasteiger partial charge in [0.1, 0.15) is 0 Å². The number of hydrogen-bond acceptors (Lipinski definition) is 3. The van der Waals surface area contributed by atoms with Gasteiger partial charge >= 0.3 is 5.69 Å². The molecular formula is C14H19FN2O3. The number of H-pyrrole nitrogens is 1. The number of halogens is 1. The molecule has 0 amide bonds. The molecule has 0 spiro atoms. The van der Waals surface area contributed by atoms with Crippen molar-refractivity contribution in [3.63, 3.8) is 0 Å². The molecule has 6 heteroatoms. The molecule has 20 heavy (non-hydrogen) atoms. The summed E-state index contributed by atoms with van der Waals surface area (Å²) in [5, 5.41) is 0. The van der Waals surface area contributed by atoms with E-state index in [1.165, 1.54) is 0 Å². The van der Waals surface area contributed by atoms with E-state index in [-0.39, 0.29) is 17.1 Å². The van der Waals surface area contributed by atoms with Crippen molar-refractivity contribution in [2.45, 2.75) is 46.1 Å². The molecule has 110 valence electrons. The maximum absolute atomic E-state index is 13.4. The second-order valence-corrected chi connectivity index (χ2v) is 6.46. The highest BCUT2D eigenvalue weighted by molar-refractivity contribution is 5.83. The SMILES string of the molecule is CC(C)(C)[C@@H]1CCC(=O)[C@@H](n2cc(F)c(=O)[nH]c2=O)C1. The van der Waals surface area contributed by atoms with Crippen LogP contribution >= 0.6 is 0 Å². The molecular weight excluding hydrogens is 263 g/mol. The number of ketones is 1. The molecule has 0 unspecified atom stereocenters. The predicted octanol–water partition coefficient (Wildman–Crippen LogP) is 1.63. The first-order valence-corrected chi connectivity index (χ1v) is 6.74. The molecule has 2 rings (SSSR count). The molecule has 0 radical (unpaired) electrons. The molecule has 1 aliphatic carbocycles. The van der Waals surface area contributed by atoms with Crippen LogP contribution in [0.1, 0.15) is 46.1 Å². The Kier molecular flexibility index (Phi) is 3.67. The minimum atomic E-state index is -1.05. The molecule has 1 heterocycles. The number of nitrogens with one attached hydrogen (secondary N) is 1. The molecule has 0 bridgehead atoms. The van der Waals surface area contributed by atoms with Crippen molar-refractivity contribution in [2.24, 2.45) is 11.3 Å². The first kappa shape index (κ1) is 14.7. The highest BCUT2D eigenvalue weighted by Gasteiger charge is 2.36. The van der Waals surface area contributed by atoms with Crippen molar-refractivity contribution in [2.75, 3.05) is 0 Å². The third-order valence-electron chi connectivity index (χ3n) is 4.10. The number of rotatable bonds is 1. The molecule has 0 aliphatic heterocycles. The maximum atomic E-state index is 13.4. The number of aromatic amines is 1. The van der Waals surface area contributed by atoms with Gasteiger partial charge in [-0.2, -0.15) is 4.39 Å². The summed E-state index contributed by atoms with van der Waals surface area (Å²) >= 11 is 0. The van der Waals surface area contributed by atoms with Gasteiger partial charge in [0.05, 0.1) is 12.2 Å². The summed E-state index contributed by atoms with van der Waals surface area (Å²) in [4.78, 5) is 36.8. The van der Waals surface area contributed by atoms with Crippen molar-refractivity contribution in [1.29, 1.82) is 0 Å². The lowest BCUT2D eigenvalue weighted by molar-refractivity contribution is -0.125. The van der Waals surface area contributed by atoms with Crippen molar-refractivity contribution >= 4 is 5.78 Å². The van der Waals surface area contributed by atoms with E-state index in [0.29, 0.717) is 12.8 Å². The molecule has 1 aromatic rings. The van der Waals surface area contributed by atoms with Gasteiger partial charge in [0, 0.05) is 6.42 Å².